The van der Waals surface area contributed by atoms with Gasteiger partial charge in [0.2, 0.25) is 0 Å². The van der Waals surface area contributed by atoms with Crippen molar-refractivity contribution in [2.45, 2.75) is 26.3 Å². The van der Waals surface area contributed by atoms with Gasteiger partial charge in [0.05, 0.1) is 0 Å². The zero-order valence-corrected chi connectivity index (χ0v) is 10.6. The van der Waals surface area contributed by atoms with Crippen LogP contribution in [0, 0.1) is 6.92 Å². The van der Waals surface area contributed by atoms with Gasteiger partial charge in [-0.25, -0.2) is 4.79 Å². The second kappa shape index (κ2) is 6.64. The van der Waals surface area contributed by atoms with Gasteiger partial charge in [0.15, 0.2) is 0 Å². The Bertz CT molecular complexity index is 432. The van der Waals surface area contributed by atoms with Gasteiger partial charge in [0.25, 0.3) is 0 Å². The Balaban J connectivity index is 2.32. The third-order valence-corrected chi connectivity index (χ3v) is 2.66. The molecule has 0 bridgehead atoms. The van der Waals surface area contributed by atoms with Crippen LogP contribution in [0.4, 0.5) is 4.79 Å². The van der Waals surface area contributed by atoms with Crippen molar-refractivity contribution in [2.24, 2.45) is 0 Å². The highest BCUT2D eigenvalue weighted by atomic mass is 16.4. The third kappa shape index (κ3) is 4.45. The third-order valence-electron chi connectivity index (χ3n) is 2.66. The number of aryl methyl sites for hydroxylation is 1. The quantitative estimate of drug-likeness (QED) is 0.737. The van der Waals surface area contributed by atoms with Crippen molar-refractivity contribution in [2.75, 3.05) is 6.54 Å². The number of benzene rings is 1. The van der Waals surface area contributed by atoms with E-state index in [1.807, 2.05) is 31.2 Å². The Morgan fingerprint density at radius 3 is 2.61 bits per heavy atom. The molecular formula is C13H18N2O3. The molecule has 0 spiro atoms. The largest absolute Gasteiger partial charge is 0.480 e. The Morgan fingerprint density at radius 2 is 2.00 bits per heavy atom. The highest BCUT2D eigenvalue weighted by Crippen LogP contribution is 2.06. The molecule has 5 nitrogen and oxygen atoms in total. The van der Waals surface area contributed by atoms with Crippen LogP contribution in [0.5, 0.6) is 0 Å². The lowest BCUT2D eigenvalue weighted by molar-refractivity contribution is -0.138. The molecule has 0 heterocycles. The lowest BCUT2D eigenvalue weighted by Gasteiger charge is -2.11. The highest BCUT2D eigenvalue weighted by molar-refractivity contribution is 5.82. The van der Waals surface area contributed by atoms with Crippen LogP contribution in [0.1, 0.15) is 18.1 Å². The van der Waals surface area contributed by atoms with E-state index in [0.717, 1.165) is 6.42 Å². The number of urea groups is 1. The Kier molecular flexibility index (Phi) is 5.17. The minimum Gasteiger partial charge on any atom is -0.480 e. The zero-order chi connectivity index (χ0) is 13.5. The van der Waals surface area contributed by atoms with Gasteiger partial charge >= 0.3 is 12.0 Å². The Morgan fingerprint density at radius 1 is 1.33 bits per heavy atom. The molecule has 0 aliphatic heterocycles. The molecule has 5 heteroatoms. The minimum atomic E-state index is -1.05. The molecule has 0 saturated carbocycles. The first-order valence-electron chi connectivity index (χ1n) is 5.82. The van der Waals surface area contributed by atoms with Crippen molar-refractivity contribution >= 4 is 12.0 Å². The molecule has 1 atom stereocenters. The number of carboxylic acid groups (broad SMARTS) is 1. The fraction of sp³-hybridized carbons (Fsp3) is 0.385. The van der Waals surface area contributed by atoms with Crippen LogP contribution in [0.2, 0.25) is 0 Å². The fourth-order valence-corrected chi connectivity index (χ4v) is 1.51. The maximum atomic E-state index is 11.3. The van der Waals surface area contributed by atoms with Crippen LogP contribution < -0.4 is 10.6 Å². The van der Waals surface area contributed by atoms with Gasteiger partial charge in [0.1, 0.15) is 6.04 Å². The number of hydrogen-bond donors (Lipinski definition) is 3. The maximum absolute atomic E-state index is 11.3. The van der Waals surface area contributed by atoms with Crippen LogP contribution in [0.25, 0.3) is 0 Å². The summed E-state index contributed by atoms with van der Waals surface area (Å²) in [4.78, 5) is 21.9. The first-order valence-corrected chi connectivity index (χ1v) is 5.82. The minimum absolute atomic E-state index is 0.460. The molecule has 1 aromatic rings. The van der Waals surface area contributed by atoms with Crippen LogP contribution in [0.3, 0.4) is 0 Å². The van der Waals surface area contributed by atoms with Crippen molar-refractivity contribution in [3.8, 4) is 0 Å². The summed E-state index contributed by atoms with van der Waals surface area (Å²) >= 11 is 0. The normalized spacial score (nSPS) is 11.7. The standard InChI is InChI=1S/C13H18N2O3/c1-9-5-3-4-6-11(9)7-8-14-13(18)15-10(2)12(16)17/h3-6,10H,7-8H2,1-2H3,(H,16,17)(H2,14,15,18)/t10-/m0/s1. The van der Waals surface area contributed by atoms with Gasteiger partial charge in [-0.15, -0.1) is 0 Å². The fourth-order valence-electron chi connectivity index (χ4n) is 1.51. The van der Waals surface area contributed by atoms with E-state index in [-0.39, 0.29) is 0 Å². The second-order valence-electron chi connectivity index (χ2n) is 4.14. The molecule has 0 fully saturated rings. The van der Waals surface area contributed by atoms with Gasteiger partial charge in [0, 0.05) is 6.54 Å². The molecule has 0 saturated heterocycles. The number of aliphatic carboxylic acids is 1. The molecule has 18 heavy (non-hydrogen) atoms. The maximum Gasteiger partial charge on any atom is 0.325 e. The predicted octanol–water partition coefficient (Wildman–Crippen LogP) is 1.31. The monoisotopic (exact) mass is 250 g/mol. The SMILES string of the molecule is Cc1ccccc1CCNC(=O)N[C@@H](C)C(=O)O. The zero-order valence-electron chi connectivity index (χ0n) is 10.6. The number of amides is 2. The van der Waals surface area contributed by atoms with Crippen LogP contribution in [0.15, 0.2) is 24.3 Å². The molecular weight excluding hydrogens is 232 g/mol. The van der Waals surface area contributed by atoms with E-state index < -0.39 is 18.0 Å². The van der Waals surface area contributed by atoms with E-state index in [1.54, 1.807) is 0 Å². The molecule has 1 aromatic carbocycles. The average Bonchev–Trinajstić information content (AvgIpc) is 2.31. The van der Waals surface area contributed by atoms with Gasteiger partial charge in [-0.2, -0.15) is 0 Å². The molecule has 0 aliphatic carbocycles. The molecule has 1 rings (SSSR count). The van der Waals surface area contributed by atoms with Crippen LogP contribution >= 0.6 is 0 Å². The van der Waals surface area contributed by atoms with Crippen LogP contribution in [-0.4, -0.2) is 29.7 Å². The lowest BCUT2D eigenvalue weighted by atomic mass is 10.1. The van der Waals surface area contributed by atoms with Gasteiger partial charge in [-0.3, -0.25) is 4.79 Å². The summed E-state index contributed by atoms with van der Waals surface area (Å²) in [6, 6.07) is 6.60. The average molecular weight is 250 g/mol. The topological polar surface area (TPSA) is 78.4 Å². The number of nitrogens with one attached hydrogen (secondary N) is 2. The van der Waals surface area contributed by atoms with E-state index in [1.165, 1.54) is 18.1 Å². The molecule has 2 amide bonds. The van der Waals surface area contributed by atoms with Crippen molar-refractivity contribution in [1.82, 2.24) is 10.6 Å². The molecule has 0 unspecified atom stereocenters. The number of carbonyl (C=O) groups excluding carboxylic acids is 1. The van der Waals surface area contributed by atoms with E-state index in [9.17, 15) is 9.59 Å². The lowest BCUT2D eigenvalue weighted by Crippen LogP contribution is -2.44. The molecule has 0 aliphatic rings. The van der Waals surface area contributed by atoms with Gasteiger partial charge in [-0.1, -0.05) is 24.3 Å². The van der Waals surface area contributed by atoms with Crippen LogP contribution in [-0.2, 0) is 11.2 Å². The smallest absolute Gasteiger partial charge is 0.325 e. The summed E-state index contributed by atoms with van der Waals surface area (Å²) in [5.74, 6) is -1.05. The highest BCUT2D eigenvalue weighted by Gasteiger charge is 2.12. The second-order valence-corrected chi connectivity index (χ2v) is 4.14. The number of rotatable bonds is 5. The van der Waals surface area contributed by atoms with E-state index in [0.29, 0.717) is 6.54 Å². The predicted molar refractivity (Wildman–Crippen MR) is 68.5 cm³/mol. The summed E-state index contributed by atoms with van der Waals surface area (Å²) in [5, 5.41) is 13.6. The first kappa shape index (κ1) is 14.0. The summed E-state index contributed by atoms with van der Waals surface area (Å²) < 4.78 is 0. The van der Waals surface area contributed by atoms with Crippen molar-refractivity contribution in [3.63, 3.8) is 0 Å². The Labute approximate surface area is 106 Å². The summed E-state index contributed by atoms with van der Waals surface area (Å²) in [5.41, 5.74) is 2.35. The number of hydrogen-bond acceptors (Lipinski definition) is 2. The van der Waals surface area contributed by atoms with E-state index >= 15 is 0 Å². The van der Waals surface area contributed by atoms with E-state index in [2.05, 4.69) is 10.6 Å². The molecule has 98 valence electrons. The molecule has 0 radical (unpaired) electrons. The summed E-state index contributed by atoms with van der Waals surface area (Å²) in [6.45, 7) is 3.91. The number of carbonyl (C=O) groups is 2. The number of carboxylic acids is 1. The van der Waals surface area contributed by atoms with Crippen molar-refractivity contribution in [3.05, 3.63) is 35.4 Å². The van der Waals surface area contributed by atoms with Gasteiger partial charge < -0.3 is 15.7 Å². The summed E-state index contributed by atoms with van der Waals surface area (Å²) in [6.07, 6.45) is 0.724. The van der Waals surface area contributed by atoms with Gasteiger partial charge in [-0.05, 0) is 31.4 Å². The first-order chi connectivity index (χ1) is 8.50. The summed E-state index contributed by atoms with van der Waals surface area (Å²) in [7, 11) is 0. The Hall–Kier alpha value is -2.04. The molecule has 0 aromatic heterocycles. The van der Waals surface area contributed by atoms with Crippen molar-refractivity contribution in [1.29, 1.82) is 0 Å². The van der Waals surface area contributed by atoms with E-state index in [4.69, 9.17) is 5.11 Å². The molecule has 3 N–H and O–H groups in total. The van der Waals surface area contributed by atoms with Crippen molar-refractivity contribution < 1.29 is 14.7 Å².